The Kier molecular flexibility index (Phi) is 10.4. The van der Waals surface area contributed by atoms with Crippen molar-refractivity contribution in [1.29, 1.82) is 0 Å². The summed E-state index contributed by atoms with van der Waals surface area (Å²) < 4.78 is 10.6. The number of rotatable bonds is 8. The second kappa shape index (κ2) is 13.5. The van der Waals surface area contributed by atoms with Crippen molar-refractivity contribution >= 4 is 29.4 Å². The first kappa shape index (κ1) is 26.2. The van der Waals surface area contributed by atoms with Crippen LogP contribution in [0, 0.1) is 6.92 Å². The first-order valence-electron chi connectivity index (χ1n) is 11.2. The summed E-state index contributed by atoms with van der Waals surface area (Å²) in [7, 11) is 0. The van der Waals surface area contributed by atoms with Crippen molar-refractivity contribution in [1.82, 2.24) is 0 Å². The van der Waals surface area contributed by atoms with Gasteiger partial charge in [-0.3, -0.25) is 4.79 Å². The van der Waals surface area contributed by atoms with Crippen LogP contribution in [0.15, 0.2) is 72.8 Å². The van der Waals surface area contributed by atoms with Gasteiger partial charge >= 0.3 is 11.9 Å². The molecule has 0 unspecified atom stereocenters. The van der Waals surface area contributed by atoms with Gasteiger partial charge < -0.3 is 20.9 Å². The number of carbonyl (C=O) groups is 2. The maximum atomic E-state index is 12.1. The number of benzene rings is 3. The van der Waals surface area contributed by atoms with Gasteiger partial charge in [0.15, 0.2) is 0 Å². The molecule has 0 amide bonds. The second-order valence-corrected chi connectivity index (χ2v) is 7.43. The molecular weight excluding hydrogens is 428 g/mol. The zero-order valence-electron chi connectivity index (χ0n) is 19.9. The Morgan fingerprint density at radius 3 is 2.24 bits per heavy atom. The van der Waals surface area contributed by atoms with Gasteiger partial charge in [-0.05, 0) is 54.8 Å². The number of anilines is 2. The average Bonchev–Trinajstić information content (AvgIpc) is 2.84. The molecular formula is C28H32N2O4. The summed E-state index contributed by atoms with van der Waals surface area (Å²) in [6, 6.07) is 20.0. The Balaban J connectivity index is 0.00000199. The molecule has 0 spiro atoms. The zero-order valence-corrected chi connectivity index (χ0v) is 19.9. The van der Waals surface area contributed by atoms with Gasteiger partial charge in [0.05, 0.1) is 0 Å². The standard InChI is InChI=1S/C26H26N2O4.C2H6/c1-18-2-4-19(5-3-18)9-15-26(30)32-23-12-6-20(7-13-23)8-14-25(29)31-17-21-10-11-22(27)16-24(21)28;1-2/h2-8,10-14,16H,9,15,17,27-28H2,1H3;1-2H3/b14-8+;. The molecule has 6 nitrogen and oxygen atoms in total. The molecule has 178 valence electrons. The highest BCUT2D eigenvalue weighted by Gasteiger charge is 2.06. The largest absolute Gasteiger partial charge is 0.458 e. The molecule has 0 aliphatic rings. The van der Waals surface area contributed by atoms with Gasteiger partial charge in [0.2, 0.25) is 0 Å². The van der Waals surface area contributed by atoms with E-state index in [0.717, 1.165) is 11.1 Å². The lowest BCUT2D eigenvalue weighted by Crippen LogP contribution is -2.09. The third kappa shape index (κ3) is 8.82. The summed E-state index contributed by atoms with van der Waals surface area (Å²) in [4.78, 5) is 24.0. The molecule has 0 saturated carbocycles. The molecule has 0 aliphatic carbocycles. The summed E-state index contributed by atoms with van der Waals surface area (Å²) in [5.74, 6) is -0.329. The SMILES string of the molecule is CC.Cc1ccc(CCC(=O)Oc2ccc(/C=C/C(=O)OCc3ccc(N)cc3N)cc2)cc1. The molecule has 3 aromatic carbocycles. The van der Waals surface area contributed by atoms with Gasteiger partial charge in [-0.2, -0.15) is 0 Å². The number of aryl methyl sites for hydroxylation is 2. The number of esters is 2. The predicted octanol–water partition coefficient (Wildman–Crippen LogP) is 5.48. The number of hydrogen-bond acceptors (Lipinski definition) is 6. The highest BCUT2D eigenvalue weighted by atomic mass is 16.5. The summed E-state index contributed by atoms with van der Waals surface area (Å²) in [5.41, 5.74) is 16.3. The number of nitrogens with two attached hydrogens (primary N) is 2. The van der Waals surface area contributed by atoms with Crippen LogP contribution in [-0.2, 0) is 27.4 Å². The lowest BCUT2D eigenvalue weighted by molar-refractivity contribution is -0.139. The number of carbonyl (C=O) groups excluding carboxylic acids is 2. The van der Waals surface area contributed by atoms with E-state index in [2.05, 4.69) is 0 Å². The van der Waals surface area contributed by atoms with Crippen LogP contribution >= 0.6 is 0 Å². The zero-order chi connectivity index (χ0) is 24.9. The highest BCUT2D eigenvalue weighted by molar-refractivity contribution is 5.87. The summed E-state index contributed by atoms with van der Waals surface area (Å²) in [5, 5.41) is 0. The van der Waals surface area contributed by atoms with Crippen molar-refractivity contribution in [2.75, 3.05) is 11.5 Å². The third-order valence-electron chi connectivity index (χ3n) is 4.80. The molecule has 0 atom stereocenters. The van der Waals surface area contributed by atoms with Crippen molar-refractivity contribution < 1.29 is 19.1 Å². The summed E-state index contributed by atoms with van der Waals surface area (Å²) in [6.45, 7) is 6.09. The van der Waals surface area contributed by atoms with Crippen LogP contribution < -0.4 is 16.2 Å². The number of nitrogen functional groups attached to an aromatic ring is 2. The van der Waals surface area contributed by atoms with E-state index < -0.39 is 5.97 Å². The molecule has 0 radical (unpaired) electrons. The summed E-state index contributed by atoms with van der Waals surface area (Å²) in [6.07, 6.45) is 3.88. The van der Waals surface area contributed by atoms with Crippen LogP contribution in [0.4, 0.5) is 11.4 Å². The minimum absolute atomic E-state index is 0.0623. The smallest absolute Gasteiger partial charge is 0.331 e. The third-order valence-corrected chi connectivity index (χ3v) is 4.80. The fourth-order valence-electron chi connectivity index (χ4n) is 2.94. The highest BCUT2D eigenvalue weighted by Crippen LogP contribution is 2.17. The van der Waals surface area contributed by atoms with Crippen LogP contribution in [0.5, 0.6) is 5.75 Å². The molecule has 3 aromatic rings. The number of ether oxygens (including phenoxy) is 2. The Morgan fingerprint density at radius 2 is 1.59 bits per heavy atom. The van der Waals surface area contributed by atoms with Crippen LogP contribution in [0.25, 0.3) is 6.08 Å². The van der Waals surface area contributed by atoms with E-state index in [9.17, 15) is 9.59 Å². The first-order valence-corrected chi connectivity index (χ1v) is 11.2. The van der Waals surface area contributed by atoms with Crippen molar-refractivity contribution in [3.63, 3.8) is 0 Å². The van der Waals surface area contributed by atoms with Gasteiger partial charge in [0.1, 0.15) is 12.4 Å². The molecule has 0 aromatic heterocycles. The average molecular weight is 461 g/mol. The van der Waals surface area contributed by atoms with Gasteiger partial charge in [-0.15, -0.1) is 0 Å². The van der Waals surface area contributed by atoms with Gasteiger partial charge in [0, 0.05) is 29.4 Å². The maximum Gasteiger partial charge on any atom is 0.331 e. The monoisotopic (exact) mass is 460 g/mol. The maximum absolute atomic E-state index is 12.1. The normalized spacial score (nSPS) is 10.3. The number of hydrogen-bond donors (Lipinski definition) is 2. The minimum Gasteiger partial charge on any atom is -0.458 e. The Hall–Kier alpha value is -4.06. The van der Waals surface area contributed by atoms with Crippen molar-refractivity contribution in [2.24, 2.45) is 0 Å². The molecule has 0 aliphatic heterocycles. The van der Waals surface area contributed by atoms with Crippen LogP contribution in [0.1, 0.15) is 42.5 Å². The van der Waals surface area contributed by atoms with Gasteiger partial charge in [-0.25, -0.2) is 4.79 Å². The van der Waals surface area contributed by atoms with E-state index in [1.54, 1.807) is 48.5 Å². The predicted molar refractivity (Wildman–Crippen MR) is 137 cm³/mol. The lowest BCUT2D eigenvalue weighted by Gasteiger charge is -2.06. The lowest BCUT2D eigenvalue weighted by atomic mass is 10.1. The van der Waals surface area contributed by atoms with Crippen molar-refractivity contribution in [3.8, 4) is 5.75 Å². The van der Waals surface area contributed by atoms with Crippen LogP contribution in [0.3, 0.4) is 0 Å². The molecule has 0 bridgehead atoms. The quantitative estimate of drug-likeness (QED) is 0.200. The van der Waals surface area contributed by atoms with Crippen molar-refractivity contribution in [3.05, 3.63) is 95.1 Å². The fraction of sp³-hybridized carbons (Fsp3) is 0.214. The molecule has 6 heteroatoms. The van der Waals surface area contributed by atoms with E-state index in [1.807, 2.05) is 45.0 Å². The Bertz CT molecular complexity index is 1100. The van der Waals surface area contributed by atoms with E-state index in [-0.39, 0.29) is 12.6 Å². The molecule has 0 fully saturated rings. The van der Waals surface area contributed by atoms with Crippen LogP contribution in [-0.4, -0.2) is 11.9 Å². The minimum atomic E-state index is -0.493. The molecule has 0 heterocycles. The van der Waals surface area contributed by atoms with Gasteiger partial charge in [0.25, 0.3) is 0 Å². The van der Waals surface area contributed by atoms with E-state index >= 15 is 0 Å². The molecule has 3 rings (SSSR count). The molecule has 0 saturated heterocycles. The molecule has 4 N–H and O–H groups in total. The van der Waals surface area contributed by atoms with Gasteiger partial charge in [-0.1, -0.05) is 61.9 Å². The van der Waals surface area contributed by atoms with Crippen LogP contribution in [0.2, 0.25) is 0 Å². The van der Waals surface area contributed by atoms with E-state index in [4.69, 9.17) is 20.9 Å². The Morgan fingerprint density at radius 1 is 0.912 bits per heavy atom. The molecule has 34 heavy (non-hydrogen) atoms. The Labute approximate surface area is 201 Å². The second-order valence-electron chi connectivity index (χ2n) is 7.43. The first-order chi connectivity index (χ1) is 16.4. The van der Waals surface area contributed by atoms with Crippen molar-refractivity contribution in [2.45, 2.75) is 40.2 Å². The van der Waals surface area contributed by atoms with E-state index in [1.165, 1.54) is 11.6 Å². The summed E-state index contributed by atoms with van der Waals surface area (Å²) >= 11 is 0. The fourth-order valence-corrected chi connectivity index (χ4v) is 2.94. The van der Waals surface area contributed by atoms with E-state index in [0.29, 0.717) is 35.5 Å². The topological polar surface area (TPSA) is 105 Å².